The standard InChI is InChI=1S/C57H37N5/c1-4-18-38(19-5-1)41-24-16-25-42(36-41)44-35-34-43(37-53(44)61-50-31-13-10-26-46(50)47-27-11-14-32-51(47)61)56-58-55(40-22-8-3-9-23-40)59-57(60-56)62-52-33-15-12-28-48(52)49-30-17-29-45(54(49)62)39-20-6-2-7-21-39/h1-37H. The number of aromatic nitrogens is 5. The molecule has 3 heterocycles. The summed E-state index contributed by atoms with van der Waals surface area (Å²) in [6.45, 7) is 0. The second-order valence-corrected chi connectivity index (χ2v) is 15.6. The van der Waals surface area contributed by atoms with E-state index in [1.807, 2.05) is 18.2 Å². The van der Waals surface area contributed by atoms with Crippen LogP contribution in [-0.4, -0.2) is 24.1 Å². The first-order chi connectivity index (χ1) is 30.8. The maximum absolute atomic E-state index is 5.44. The molecule has 12 rings (SSSR count). The second kappa shape index (κ2) is 14.7. The summed E-state index contributed by atoms with van der Waals surface area (Å²) in [6.07, 6.45) is 0. The molecule has 0 unspecified atom stereocenters. The Kier molecular flexibility index (Phi) is 8.42. The number of rotatable bonds is 7. The lowest BCUT2D eigenvalue weighted by Gasteiger charge is -2.17. The molecular formula is C57H37N5. The lowest BCUT2D eigenvalue weighted by Crippen LogP contribution is -2.07. The monoisotopic (exact) mass is 791 g/mol. The van der Waals surface area contributed by atoms with E-state index >= 15 is 0 Å². The predicted octanol–water partition coefficient (Wildman–Crippen LogP) is 14.4. The van der Waals surface area contributed by atoms with Crippen molar-refractivity contribution in [1.29, 1.82) is 0 Å². The van der Waals surface area contributed by atoms with E-state index < -0.39 is 0 Å². The zero-order valence-corrected chi connectivity index (χ0v) is 33.6. The molecule has 62 heavy (non-hydrogen) atoms. The molecule has 5 nitrogen and oxygen atoms in total. The maximum atomic E-state index is 5.44. The Hall–Kier alpha value is -8.41. The van der Waals surface area contributed by atoms with Gasteiger partial charge in [0.15, 0.2) is 11.6 Å². The summed E-state index contributed by atoms with van der Waals surface area (Å²) in [4.78, 5) is 16.0. The first-order valence-corrected chi connectivity index (χ1v) is 21.0. The number of hydrogen-bond acceptors (Lipinski definition) is 3. The van der Waals surface area contributed by atoms with E-state index in [2.05, 4.69) is 215 Å². The fraction of sp³-hybridized carbons (Fsp3) is 0. The Morgan fingerprint density at radius 3 is 1.42 bits per heavy atom. The van der Waals surface area contributed by atoms with Gasteiger partial charge in [0.25, 0.3) is 0 Å². The van der Waals surface area contributed by atoms with E-state index in [0.717, 1.165) is 77.5 Å². The van der Waals surface area contributed by atoms with Gasteiger partial charge in [0.2, 0.25) is 5.95 Å². The normalized spacial score (nSPS) is 11.5. The van der Waals surface area contributed by atoms with Gasteiger partial charge >= 0.3 is 0 Å². The first-order valence-electron chi connectivity index (χ1n) is 21.0. The van der Waals surface area contributed by atoms with Crippen LogP contribution in [0.15, 0.2) is 224 Å². The third-order valence-corrected chi connectivity index (χ3v) is 12.0. The van der Waals surface area contributed by atoms with Gasteiger partial charge in [-0.05, 0) is 52.6 Å². The fourth-order valence-corrected chi connectivity index (χ4v) is 9.17. The molecule has 5 heteroatoms. The van der Waals surface area contributed by atoms with E-state index in [-0.39, 0.29) is 0 Å². The second-order valence-electron chi connectivity index (χ2n) is 15.6. The molecule has 0 amide bonds. The van der Waals surface area contributed by atoms with Gasteiger partial charge in [-0.25, -0.2) is 4.98 Å². The molecule has 0 bridgehead atoms. The minimum absolute atomic E-state index is 0.557. The van der Waals surface area contributed by atoms with Crippen LogP contribution in [0.5, 0.6) is 0 Å². The van der Waals surface area contributed by atoms with Gasteiger partial charge in [0.1, 0.15) is 0 Å². The molecule has 0 fully saturated rings. The highest BCUT2D eigenvalue weighted by Gasteiger charge is 2.22. The Bertz CT molecular complexity index is 3570. The summed E-state index contributed by atoms with van der Waals surface area (Å²) < 4.78 is 4.62. The summed E-state index contributed by atoms with van der Waals surface area (Å²) in [5.74, 6) is 1.75. The third kappa shape index (κ3) is 5.90. The lowest BCUT2D eigenvalue weighted by atomic mass is 9.96. The van der Waals surface area contributed by atoms with Crippen LogP contribution in [0.1, 0.15) is 0 Å². The van der Waals surface area contributed by atoms with Gasteiger partial charge in [0.05, 0.1) is 27.8 Å². The van der Waals surface area contributed by atoms with Gasteiger partial charge < -0.3 is 4.57 Å². The van der Waals surface area contributed by atoms with Gasteiger partial charge in [0, 0.05) is 43.8 Å². The van der Waals surface area contributed by atoms with E-state index in [1.54, 1.807) is 0 Å². The highest BCUT2D eigenvalue weighted by molar-refractivity contribution is 6.14. The topological polar surface area (TPSA) is 48.5 Å². The van der Waals surface area contributed by atoms with Crippen LogP contribution >= 0.6 is 0 Å². The minimum atomic E-state index is 0.557. The van der Waals surface area contributed by atoms with Crippen LogP contribution in [-0.2, 0) is 0 Å². The molecule has 0 atom stereocenters. The van der Waals surface area contributed by atoms with Crippen LogP contribution < -0.4 is 0 Å². The van der Waals surface area contributed by atoms with Gasteiger partial charge in [-0.1, -0.05) is 194 Å². The Morgan fingerprint density at radius 1 is 0.274 bits per heavy atom. The summed E-state index contributed by atoms with van der Waals surface area (Å²) in [5, 5.41) is 4.68. The summed E-state index contributed by atoms with van der Waals surface area (Å²) in [6, 6.07) is 79.3. The Balaban J connectivity index is 1.14. The molecule has 0 spiro atoms. The third-order valence-electron chi connectivity index (χ3n) is 12.0. The van der Waals surface area contributed by atoms with Crippen LogP contribution in [0.3, 0.4) is 0 Å². The minimum Gasteiger partial charge on any atom is -0.309 e. The van der Waals surface area contributed by atoms with Crippen molar-refractivity contribution in [2.75, 3.05) is 0 Å². The molecule has 9 aromatic carbocycles. The van der Waals surface area contributed by atoms with Crippen LogP contribution in [0, 0.1) is 0 Å². The fourth-order valence-electron chi connectivity index (χ4n) is 9.17. The molecule has 0 aliphatic heterocycles. The van der Waals surface area contributed by atoms with Crippen molar-refractivity contribution < 1.29 is 0 Å². The van der Waals surface area contributed by atoms with E-state index in [9.17, 15) is 0 Å². The summed E-state index contributed by atoms with van der Waals surface area (Å²) in [7, 11) is 0. The van der Waals surface area contributed by atoms with Crippen LogP contribution in [0.4, 0.5) is 0 Å². The Morgan fingerprint density at radius 2 is 0.758 bits per heavy atom. The van der Waals surface area contributed by atoms with E-state index in [4.69, 9.17) is 15.0 Å². The molecule has 0 aliphatic carbocycles. The van der Waals surface area contributed by atoms with Crippen molar-refractivity contribution in [3.63, 3.8) is 0 Å². The number of benzene rings is 9. The van der Waals surface area contributed by atoms with E-state index in [1.165, 1.54) is 16.3 Å². The van der Waals surface area contributed by atoms with Crippen LogP contribution in [0.25, 0.3) is 111 Å². The molecule has 0 radical (unpaired) electrons. The van der Waals surface area contributed by atoms with Crippen molar-refractivity contribution in [3.05, 3.63) is 224 Å². The van der Waals surface area contributed by atoms with Crippen molar-refractivity contribution in [1.82, 2.24) is 24.1 Å². The average molecular weight is 792 g/mol. The van der Waals surface area contributed by atoms with Crippen LogP contribution in [0.2, 0.25) is 0 Å². The zero-order chi connectivity index (χ0) is 41.0. The lowest BCUT2D eigenvalue weighted by molar-refractivity contribution is 0.953. The maximum Gasteiger partial charge on any atom is 0.238 e. The predicted molar refractivity (Wildman–Crippen MR) is 256 cm³/mol. The van der Waals surface area contributed by atoms with Gasteiger partial charge in [-0.15, -0.1) is 0 Å². The number of para-hydroxylation sites is 4. The van der Waals surface area contributed by atoms with Crippen molar-refractivity contribution >= 4 is 43.6 Å². The number of nitrogens with zero attached hydrogens (tertiary/aromatic N) is 5. The SMILES string of the molecule is c1ccc(-c2cccc(-c3ccc(-c4nc(-c5ccccc5)nc(-n5c6ccccc6c6cccc(-c7ccccc7)c65)n4)cc3-n3c4ccccc4c4ccccc43)c2)cc1. The molecular weight excluding hydrogens is 755 g/mol. The molecule has 0 N–H and O–H groups in total. The van der Waals surface area contributed by atoms with Crippen molar-refractivity contribution in [3.8, 4) is 67.8 Å². The number of fused-ring (bicyclic) bond motifs is 6. The van der Waals surface area contributed by atoms with Gasteiger partial charge in [-0.2, -0.15) is 9.97 Å². The van der Waals surface area contributed by atoms with Crippen molar-refractivity contribution in [2.24, 2.45) is 0 Å². The molecule has 0 saturated heterocycles. The average Bonchev–Trinajstić information content (AvgIpc) is 3.88. The molecule has 12 aromatic rings. The number of hydrogen-bond donors (Lipinski definition) is 0. The van der Waals surface area contributed by atoms with Gasteiger partial charge in [-0.3, -0.25) is 4.57 Å². The Labute approximate surface area is 358 Å². The first kappa shape index (κ1) is 35.5. The van der Waals surface area contributed by atoms with Crippen molar-refractivity contribution in [2.45, 2.75) is 0 Å². The zero-order valence-electron chi connectivity index (χ0n) is 33.6. The van der Waals surface area contributed by atoms with E-state index in [0.29, 0.717) is 17.6 Å². The molecule has 3 aromatic heterocycles. The molecule has 0 saturated carbocycles. The molecule has 290 valence electrons. The summed E-state index contributed by atoms with van der Waals surface area (Å²) in [5.41, 5.74) is 14.0. The summed E-state index contributed by atoms with van der Waals surface area (Å²) >= 11 is 0. The smallest absolute Gasteiger partial charge is 0.238 e. The highest BCUT2D eigenvalue weighted by atomic mass is 15.2. The molecule has 0 aliphatic rings. The highest BCUT2D eigenvalue weighted by Crippen LogP contribution is 2.41. The quantitative estimate of drug-likeness (QED) is 0.162. The largest absolute Gasteiger partial charge is 0.309 e.